The Morgan fingerprint density at radius 2 is 2.17 bits per heavy atom. The summed E-state index contributed by atoms with van der Waals surface area (Å²) in [6.45, 7) is 1.98. The average Bonchev–Trinajstić information content (AvgIpc) is 1.41. The quantitative estimate of drug-likeness (QED) is 0.534. The average molecular weight is 279 g/mol. The van der Waals surface area contributed by atoms with E-state index in [9.17, 15) is 4.79 Å². The van der Waals surface area contributed by atoms with E-state index in [-0.39, 0.29) is 27.3 Å². The topological polar surface area (TPSA) is 17.1 Å². The molecular formula is C4H8OPb. The molecule has 0 aliphatic carbocycles. The minimum Gasteiger partial charge on any atom is -0.303 e. The molecule has 2 heteroatoms. The minimum absolute atomic E-state index is 0. The molecule has 0 amide bonds. The van der Waals surface area contributed by atoms with E-state index < -0.39 is 0 Å². The van der Waals surface area contributed by atoms with Crippen molar-refractivity contribution in [3.05, 3.63) is 0 Å². The van der Waals surface area contributed by atoms with Crippen LogP contribution in [0.1, 0.15) is 19.8 Å². The second-order valence-corrected chi connectivity index (χ2v) is 0.955. The molecule has 0 aromatic carbocycles. The molecular weight excluding hydrogens is 271 g/mol. The van der Waals surface area contributed by atoms with Crippen LogP contribution < -0.4 is 0 Å². The summed E-state index contributed by atoms with van der Waals surface area (Å²) < 4.78 is 0. The van der Waals surface area contributed by atoms with Crippen LogP contribution >= 0.6 is 0 Å². The van der Waals surface area contributed by atoms with Crippen molar-refractivity contribution in [3.8, 4) is 0 Å². The zero-order valence-corrected chi connectivity index (χ0v) is 7.79. The first-order valence-corrected chi connectivity index (χ1v) is 1.85. The molecule has 0 heterocycles. The zero-order valence-electron chi connectivity index (χ0n) is 3.90. The van der Waals surface area contributed by atoms with Gasteiger partial charge in [0.05, 0.1) is 0 Å². The van der Waals surface area contributed by atoms with Gasteiger partial charge >= 0.3 is 0 Å². The zero-order chi connectivity index (χ0) is 4.12. The van der Waals surface area contributed by atoms with E-state index in [0.717, 1.165) is 12.7 Å². The fourth-order valence-corrected chi connectivity index (χ4v) is 0.118. The van der Waals surface area contributed by atoms with E-state index in [2.05, 4.69) is 0 Å². The van der Waals surface area contributed by atoms with Crippen LogP contribution in [-0.4, -0.2) is 33.6 Å². The standard InChI is InChI=1S/C4H8O.Pb/c1-2-3-4-5;/h4H,2-3H2,1H3;. The predicted molar refractivity (Wildman–Crippen MR) is 26.7 cm³/mol. The predicted octanol–water partition coefficient (Wildman–Crippen LogP) is 0.605. The molecule has 0 fully saturated rings. The van der Waals surface area contributed by atoms with Crippen molar-refractivity contribution >= 4 is 33.6 Å². The van der Waals surface area contributed by atoms with Crippen LogP contribution in [0.25, 0.3) is 0 Å². The summed E-state index contributed by atoms with van der Waals surface area (Å²) in [4.78, 5) is 9.40. The van der Waals surface area contributed by atoms with E-state index in [4.69, 9.17) is 0 Å². The molecule has 0 aliphatic heterocycles. The molecule has 0 bridgehead atoms. The van der Waals surface area contributed by atoms with Gasteiger partial charge in [0.1, 0.15) is 6.29 Å². The molecule has 0 saturated heterocycles. The third-order valence-corrected chi connectivity index (χ3v) is 0.407. The van der Waals surface area contributed by atoms with E-state index in [0.29, 0.717) is 6.42 Å². The van der Waals surface area contributed by atoms with Gasteiger partial charge in [0.25, 0.3) is 0 Å². The molecule has 4 radical (unpaired) electrons. The molecule has 1 nitrogen and oxygen atoms in total. The molecule has 0 spiro atoms. The van der Waals surface area contributed by atoms with Gasteiger partial charge in [-0.15, -0.1) is 0 Å². The summed E-state index contributed by atoms with van der Waals surface area (Å²) >= 11 is 0. The van der Waals surface area contributed by atoms with Crippen molar-refractivity contribution in [2.24, 2.45) is 0 Å². The molecule has 34 valence electrons. The molecule has 6 heavy (non-hydrogen) atoms. The number of aldehydes is 1. The van der Waals surface area contributed by atoms with Crippen LogP contribution in [0, 0.1) is 0 Å². The van der Waals surface area contributed by atoms with Crippen LogP contribution in [0.15, 0.2) is 0 Å². The van der Waals surface area contributed by atoms with Crippen LogP contribution in [0.3, 0.4) is 0 Å². The minimum atomic E-state index is 0. The fourth-order valence-electron chi connectivity index (χ4n) is 0.118. The number of carbonyl (C=O) groups excluding carboxylic acids is 1. The Morgan fingerprint density at radius 1 is 1.67 bits per heavy atom. The number of rotatable bonds is 2. The first kappa shape index (κ1) is 9.78. The normalized spacial score (nSPS) is 6.17. The summed E-state index contributed by atoms with van der Waals surface area (Å²) in [5, 5.41) is 0. The van der Waals surface area contributed by atoms with Crippen molar-refractivity contribution in [2.75, 3.05) is 0 Å². The van der Waals surface area contributed by atoms with Gasteiger partial charge in [-0.05, 0) is 6.42 Å². The van der Waals surface area contributed by atoms with E-state index >= 15 is 0 Å². The summed E-state index contributed by atoms with van der Waals surface area (Å²) in [6.07, 6.45) is 2.61. The van der Waals surface area contributed by atoms with Crippen LogP contribution in [0.2, 0.25) is 0 Å². The van der Waals surface area contributed by atoms with Crippen molar-refractivity contribution < 1.29 is 4.79 Å². The SMILES string of the molecule is CCCC=O.[Pb]. The number of hydrogen-bond donors (Lipinski definition) is 0. The molecule has 0 unspecified atom stereocenters. The third kappa shape index (κ3) is 8.82. The van der Waals surface area contributed by atoms with Gasteiger partial charge in [-0.25, -0.2) is 0 Å². The van der Waals surface area contributed by atoms with Gasteiger partial charge in [0.15, 0.2) is 0 Å². The molecule has 0 atom stereocenters. The second-order valence-electron chi connectivity index (χ2n) is 0.955. The van der Waals surface area contributed by atoms with E-state index in [1.54, 1.807) is 0 Å². The third-order valence-electron chi connectivity index (χ3n) is 0.407. The van der Waals surface area contributed by atoms with Crippen molar-refractivity contribution in [3.63, 3.8) is 0 Å². The Kier molecular flexibility index (Phi) is 14.9. The van der Waals surface area contributed by atoms with Crippen molar-refractivity contribution in [2.45, 2.75) is 19.8 Å². The van der Waals surface area contributed by atoms with Gasteiger partial charge in [0.2, 0.25) is 0 Å². The maximum absolute atomic E-state index is 9.40. The van der Waals surface area contributed by atoms with Crippen LogP contribution in [-0.2, 0) is 4.79 Å². The Hall–Kier alpha value is 0.592. The number of hydrogen-bond acceptors (Lipinski definition) is 1. The van der Waals surface area contributed by atoms with E-state index in [1.807, 2.05) is 6.92 Å². The summed E-state index contributed by atoms with van der Waals surface area (Å²) in [7, 11) is 0. The largest absolute Gasteiger partial charge is 0.303 e. The molecule has 0 saturated carbocycles. The van der Waals surface area contributed by atoms with E-state index in [1.165, 1.54) is 0 Å². The maximum atomic E-state index is 9.40. The monoisotopic (exact) mass is 280 g/mol. The molecule has 0 aliphatic rings. The van der Waals surface area contributed by atoms with Crippen molar-refractivity contribution in [1.82, 2.24) is 0 Å². The first-order valence-electron chi connectivity index (χ1n) is 1.85. The van der Waals surface area contributed by atoms with Gasteiger partial charge in [-0.2, -0.15) is 0 Å². The first-order chi connectivity index (χ1) is 2.41. The van der Waals surface area contributed by atoms with Gasteiger partial charge in [-0.1, -0.05) is 6.92 Å². The van der Waals surface area contributed by atoms with Gasteiger partial charge in [0, 0.05) is 33.7 Å². The Morgan fingerprint density at radius 3 is 2.17 bits per heavy atom. The van der Waals surface area contributed by atoms with Gasteiger partial charge < -0.3 is 4.79 Å². The summed E-state index contributed by atoms with van der Waals surface area (Å²) in [6, 6.07) is 0. The summed E-state index contributed by atoms with van der Waals surface area (Å²) in [5.41, 5.74) is 0. The molecule has 0 aromatic rings. The molecule has 0 aromatic heterocycles. The Labute approximate surface area is 58.3 Å². The smallest absolute Gasteiger partial charge is 0.119 e. The Balaban J connectivity index is 0. The van der Waals surface area contributed by atoms with Gasteiger partial charge in [-0.3, -0.25) is 0 Å². The Bertz CT molecular complexity index is 28.7. The van der Waals surface area contributed by atoms with Crippen LogP contribution in [0.4, 0.5) is 0 Å². The second kappa shape index (κ2) is 9.14. The summed E-state index contributed by atoms with van der Waals surface area (Å²) in [5.74, 6) is 0. The van der Waals surface area contributed by atoms with Crippen molar-refractivity contribution in [1.29, 1.82) is 0 Å². The fraction of sp³-hybridized carbons (Fsp3) is 0.750. The number of unbranched alkanes of at least 4 members (excludes halogenated alkanes) is 1. The molecule has 0 N–H and O–H groups in total. The molecule has 0 rings (SSSR count). The maximum Gasteiger partial charge on any atom is 0.119 e. The van der Waals surface area contributed by atoms with Crippen LogP contribution in [0.5, 0.6) is 0 Å². The number of carbonyl (C=O) groups is 1.